The number of likely N-dealkylation sites (N-methyl/N-ethyl adjacent to an activating group) is 1. The molecule has 0 saturated carbocycles. The average Bonchev–Trinajstić information content (AvgIpc) is 3.02. The van der Waals surface area contributed by atoms with Crippen LogP contribution < -0.4 is 10.6 Å². The number of hydrogen-bond donors (Lipinski definition) is 2. The molecule has 136 valence electrons. The molecule has 2 N–H and O–H groups in total. The summed E-state index contributed by atoms with van der Waals surface area (Å²) in [6.45, 7) is 7.95. The Bertz CT molecular complexity index is 346. The van der Waals surface area contributed by atoms with Gasteiger partial charge in [-0.15, -0.1) is 24.0 Å². The molecule has 6 nitrogen and oxygen atoms in total. The summed E-state index contributed by atoms with van der Waals surface area (Å²) in [4.78, 5) is 17.7. The monoisotopic (exact) mass is 440 g/mol. The number of nitrogens with one attached hydrogen (secondary N) is 2. The fourth-order valence-corrected chi connectivity index (χ4v) is 2.27. The number of guanidine groups is 1. The van der Waals surface area contributed by atoms with Crippen LogP contribution in [0, 0.1) is 11.8 Å². The van der Waals surface area contributed by atoms with Crippen LogP contribution in [0.1, 0.15) is 33.1 Å². The number of rotatable bonds is 8. The van der Waals surface area contributed by atoms with E-state index in [0.29, 0.717) is 11.8 Å². The molecule has 1 heterocycles. The lowest BCUT2D eigenvalue weighted by Gasteiger charge is -2.18. The van der Waals surface area contributed by atoms with E-state index in [0.717, 1.165) is 51.5 Å². The minimum absolute atomic E-state index is 0. The Morgan fingerprint density at radius 2 is 2.00 bits per heavy atom. The van der Waals surface area contributed by atoms with E-state index in [9.17, 15) is 4.79 Å². The summed E-state index contributed by atoms with van der Waals surface area (Å²) in [7, 11) is 3.50. The van der Waals surface area contributed by atoms with Crippen molar-refractivity contribution < 1.29 is 9.53 Å². The summed E-state index contributed by atoms with van der Waals surface area (Å²) in [5.74, 6) is 1.90. The molecule has 0 aliphatic carbocycles. The number of aliphatic imine (C=N–C) groups is 1. The summed E-state index contributed by atoms with van der Waals surface area (Å²) >= 11 is 0. The van der Waals surface area contributed by atoms with Crippen LogP contribution in [0.25, 0.3) is 0 Å². The van der Waals surface area contributed by atoms with Crippen LogP contribution in [0.15, 0.2) is 4.99 Å². The maximum Gasteiger partial charge on any atom is 0.243 e. The lowest BCUT2D eigenvalue weighted by atomic mass is 10.0. The highest BCUT2D eigenvalue weighted by Crippen LogP contribution is 2.10. The van der Waals surface area contributed by atoms with Gasteiger partial charge in [-0.25, -0.2) is 4.99 Å². The third kappa shape index (κ3) is 9.34. The molecule has 0 spiro atoms. The van der Waals surface area contributed by atoms with E-state index < -0.39 is 0 Å². The number of ether oxygens (including phenoxy) is 1. The molecular formula is C16H33IN4O2. The van der Waals surface area contributed by atoms with Crippen LogP contribution in [-0.4, -0.2) is 63.7 Å². The van der Waals surface area contributed by atoms with Gasteiger partial charge >= 0.3 is 0 Å². The number of hydrogen-bond acceptors (Lipinski definition) is 3. The van der Waals surface area contributed by atoms with Crippen molar-refractivity contribution in [3.8, 4) is 0 Å². The van der Waals surface area contributed by atoms with Gasteiger partial charge in [-0.2, -0.15) is 0 Å². The predicted octanol–water partition coefficient (Wildman–Crippen LogP) is 1.70. The van der Waals surface area contributed by atoms with Crippen molar-refractivity contribution in [1.82, 2.24) is 15.5 Å². The fraction of sp³-hybridized carbons (Fsp3) is 0.875. The van der Waals surface area contributed by atoms with Gasteiger partial charge in [-0.05, 0) is 12.3 Å². The van der Waals surface area contributed by atoms with Gasteiger partial charge in [0.2, 0.25) is 5.91 Å². The van der Waals surface area contributed by atoms with E-state index in [1.54, 1.807) is 19.0 Å². The molecule has 0 aromatic carbocycles. The summed E-state index contributed by atoms with van der Waals surface area (Å²) in [6.07, 6.45) is 3.37. The third-order valence-corrected chi connectivity index (χ3v) is 4.17. The van der Waals surface area contributed by atoms with Crippen molar-refractivity contribution in [2.24, 2.45) is 16.8 Å². The van der Waals surface area contributed by atoms with Gasteiger partial charge in [0.1, 0.15) is 6.54 Å². The molecule has 1 unspecified atom stereocenters. The molecule has 7 heteroatoms. The first-order valence-corrected chi connectivity index (χ1v) is 8.36. The summed E-state index contributed by atoms with van der Waals surface area (Å²) < 4.78 is 5.39. The SMILES string of the molecule is CCC(CC)CNC(=NCC(=O)N(C)C)NCC1CCOC1.I. The Balaban J connectivity index is 0.00000484. The van der Waals surface area contributed by atoms with E-state index in [4.69, 9.17) is 4.74 Å². The van der Waals surface area contributed by atoms with E-state index in [-0.39, 0.29) is 36.4 Å². The van der Waals surface area contributed by atoms with Crippen LogP contribution >= 0.6 is 24.0 Å². The van der Waals surface area contributed by atoms with Crippen LogP contribution in [0.4, 0.5) is 0 Å². The highest BCUT2D eigenvalue weighted by molar-refractivity contribution is 14.0. The van der Waals surface area contributed by atoms with Gasteiger partial charge in [0.25, 0.3) is 0 Å². The predicted molar refractivity (Wildman–Crippen MR) is 105 cm³/mol. The van der Waals surface area contributed by atoms with Crippen molar-refractivity contribution in [3.63, 3.8) is 0 Å². The van der Waals surface area contributed by atoms with Crippen molar-refractivity contribution in [1.29, 1.82) is 0 Å². The molecule has 0 radical (unpaired) electrons. The zero-order valence-corrected chi connectivity index (χ0v) is 17.3. The minimum atomic E-state index is 0. The molecule has 1 amide bonds. The zero-order chi connectivity index (χ0) is 16.4. The van der Waals surface area contributed by atoms with Crippen LogP contribution in [0.5, 0.6) is 0 Å². The molecule has 1 saturated heterocycles. The third-order valence-electron chi connectivity index (χ3n) is 4.17. The van der Waals surface area contributed by atoms with Crippen molar-refractivity contribution in [3.05, 3.63) is 0 Å². The first-order valence-electron chi connectivity index (χ1n) is 8.36. The topological polar surface area (TPSA) is 66.0 Å². The van der Waals surface area contributed by atoms with E-state index in [1.165, 1.54) is 0 Å². The summed E-state index contributed by atoms with van der Waals surface area (Å²) in [5, 5.41) is 6.71. The van der Waals surface area contributed by atoms with Gasteiger partial charge in [0.05, 0.1) is 6.61 Å². The molecule has 0 bridgehead atoms. The lowest BCUT2D eigenvalue weighted by Crippen LogP contribution is -2.42. The second-order valence-electron chi connectivity index (χ2n) is 6.13. The first kappa shape index (κ1) is 22.4. The van der Waals surface area contributed by atoms with Gasteiger partial charge < -0.3 is 20.3 Å². The Morgan fingerprint density at radius 1 is 1.30 bits per heavy atom. The number of carbonyl (C=O) groups is 1. The highest BCUT2D eigenvalue weighted by Gasteiger charge is 2.16. The smallest absolute Gasteiger partial charge is 0.243 e. The summed E-state index contributed by atoms with van der Waals surface area (Å²) in [5.41, 5.74) is 0. The molecule has 1 rings (SSSR count). The highest BCUT2D eigenvalue weighted by atomic mass is 127. The second-order valence-corrected chi connectivity index (χ2v) is 6.13. The fourth-order valence-electron chi connectivity index (χ4n) is 2.27. The number of carbonyl (C=O) groups excluding carboxylic acids is 1. The van der Waals surface area contributed by atoms with E-state index in [1.807, 2.05) is 0 Å². The Kier molecular flexibility index (Phi) is 12.5. The van der Waals surface area contributed by atoms with Gasteiger partial charge in [0, 0.05) is 39.7 Å². The first-order chi connectivity index (χ1) is 10.6. The zero-order valence-electron chi connectivity index (χ0n) is 14.9. The molecule has 1 atom stereocenters. The number of halogens is 1. The maximum absolute atomic E-state index is 11.7. The van der Waals surface area contributed by atoms with Gasteiger partial charge in [0.15, 0.2) is 5.96 Å². The van der Waals surface area contributed by atoms with Crippen molar-refractivity contribution in [2.45, 2.75) is 33.1 Å². The lowest BCUT2D eigenvalue weighted by molar-refractivity contribution is -0.127. The number of amides is 1. The Labute approximate surface area is 157 Å². The van der Waals surface area contributed by atoms with E-state index >= 15 is 0 Å². The molecule has 1 fully saturated rings. The van der Waals surface area contributed by atoms with Crippen LogP contribution in [0.3, 0.4) is 0 Å². The summed E-state index contributed by atoms with van der Waals surface area (Å²) in [6, 6.07) is 0. The maximum atomic E-state index is 11.7. The van der Waals surface area contributed by atoms with Crippen LogP contribution in [0.2, 0.25) is 0 Å². The molecular weight excluding hydrogens is 407 g/mol. The molecule has 23 heavy (non-hydrogen) atoms. The Morgan fingerprint density at radius 3 is 2.52 bits per heavy atom. The molecule has 0 aromatic heterocycles. The minimum Gasteiger partial charge on any atom is -0.381 e. The van der Waals surface area contributed by atoms with Gasteiger partial charge in [-0.1, -0.05) is 26.7 Å². The van der Waals surface area contributed by atoms with E-state index in [2.05, 4.69) is 29.5 Å². The van der Waals surface area contributed by atoms with Gasteiger partial charge in [-0.3, -0.25) is 4.79 Å². The Hall–Kier alpha value is -0.570. The van der Waals surface area contributed by atoms with Crippen molar-refractivity contribution in [2.75, 3.05) is 46.9 Å². The van der Waals surface area contributed by atoms with Crippen molar-refractivity contribution >= 4 is 35.8 Å². The molecule has 1 aliphatic heterocycles. The average molecular weight is 440 g/mol. The second kappa shape index (κ2) is 12.8. The number of nitrogens with zero attached hydrogens (tertiary/aromatic N) is 2. The quantitative estimate of drug-likeness (QED) is 0.343. The largest absolute Gasteiger partial charge is 0.381 e. The normalized spacial score (nSPS) is 17.8. The van der Waals surface area contributed by atoms with Crippen LogP contribution in [-0.2, 0) is 9.53 Å². The molecule has 1 aliphatic rings. The molecule has 0 aromatic rings. The standard InChI is InChI=1S/C16H32N4O2.HI/c1-5-13(6-2)9-17-16(19-11-15(21)20(3)4)18-10-14-7-8-22-12-14;/h13-14H,5-12H2,1-4H3,(H2,17,18,19);1H.